The van der Waals surface area contributed by atoms with Crippen molar-refractivity contribution in [2.45, 2.75) is 44.6 Å². The highest BCUT2D eigenvalue weighted by Gasteiger charge is 2.35. The van der Waals surface area contributed by atoms with Crippen LogP contribution < -0.4 is 4.74 Å². The van der Waals surface area contributed by atoms with Crippen LogP contribution in [0.1, 0.15) is 41.3 Å². The van der Waals surface area contributed by atoms with Gasteiger partial charge in [0.2, 0.25) is 0 Å². The van der Waals surface area contributed by atoms with Crippen LogP contribution in [-0.4, -0.2) is 54.4 Å². The van der Waals surface area contributed by atoms with Crippen LogP contribution >= 0.6 is 11.3 Å². The van der Waals surface area contributed by atoms with E-state index in [1.807, 2.05) is 37.3 Å². The van der Waals surface area contributed by atoms with Crippen LogP contribution in [0.25, 0.3) is 0 Å². The lowest BCUT2D eigenvalue weighted by molar-refractivity contribution is 0.0210. The van der Waals surface area contributed by atoms with Crippen LogP contribution in [0.5, 0.6) is 5.75 Å². The summed E-state index contributed by atoms with van der Waals surface area (Å²) in [5.41, 5.74) is 1.57. The van der Waals surface area contributed by atoms with E-state index in [2.05, 4.69) is 11.0 Å². The molecule has 1 N–H and O–H groups in total. The third-order valence-electron chi connectivity index (χ3n) is 5.95. The molecule has 0 bridgehead atoms. The van der Waals surface area contributed by atoms with E-state index in [1.54, 1.807) is 11.3 Å². The van der Waals surface area contributed by atoms with Crippen molar-refractivity contribution in [2.75, 3.05) is 39.5 Å². The maximum atomic E-state index is 11.4. The maximum absolute atomic E-state index is 11.4. The van der Waals surface area contributed by atoms with Gasteiger partial charge in [0.15, 0.2) is 0 Å². The smallest absolute Gasteiger partial charge is 0.125 e. The average Bonchev–Trinajstić information content (AvgIpc) is 3.04. The normalized spacial score (nSPS) is 23.1. The molecule has 30 heavy (non-hydrogen) atoms. The molecule has 0 spiro atoms. The number of hydrogen-bond donors (Lipinski definition) is 1. The minimum absolute atomic E-state index is 0.621. The molecule has 1 atom stereocenters. The van der Waals surface area contributed by atoms with Crippen molar-refractivity contribution < 1.29 is 14.6 Å². The zero-order valence-corrected chi connectivity index (χ0v) is 18.6. The van der Waals surface area contributed by atoms with E-state index in [4.69, 9.17) is 14.5 Å². The Balaban J connectivity index is 1.34. The van der Waals surface area contributed by atoms with Gasteiger partial charge in [-0.3, -0.25) is 4.90 Å². The Bertz CT molecular complexity index is 851. The number of para-hydroxylation sites is 1. The van der Waals surface area contributed by atoms with Gasteiger partial charge < -0.3 is 14.6 Å². The van der Waals surface area contributed by atoms with Crippen LogP contribution in [0.15, 0.2) is 42.0 Å². The molecule has 0 radical (unpaired) electrons. The fourth-order valence-corrected chi connectivity index (χ4v) is 5.38. The molecule has 3 heterocycles. The number of aryl methyl sites for hydroxylation is 1. The first kappa shape index (κ1) is 21.5. The lowest BCUT2D eigenvalue weighted by Crippen LogP contribution is -2.31. The molecule has 4 rings (SSSR count). The molecular formula is C24H32N2O3S. The standard InChI is InChI=1S/C24H32N2O3S/c1-19-22(10-16-29-21-8-3-2-4-9-21)30-23(25-19)24(27)11-6-13-26(14-12-24)17-20-7-5-15-28-18-20/h2-4,7-9,27H,5-6,10-18H2,1H3. The summed E-state index contributed by atoms with van der Waals surface area (Å²) in [5.74, 6) is 0.890. The molecule has 1 saturated heterocycles. The number of likely N-dealkylation sites (tertiary alicyclic amines) is 1. The van der Waals surface area contributed by atoms with E-state index in [0.29, 0.717) is 6.61 Å². The van der Waals surface area contributed by atoms with Crippen molar-refractivity contribution >= 4 is 11.3 Å². The predicted octanol–water partition coefficient (Wildman–Crippen LogP) is 4.09. The number of hydrogen-bond acceptors (Lipinski definition) is 6. The van der Waals surface area contributed by atoms with E-state index >= 15 is 0 Å². The van der Waals surface area contributed by atoms with Gasteiger partial charge in [0.05, 0.1) is 25.5 Å². The van der Waals surface area contributed by atoms with E-state index in [0.717, 1.165) is 81.4 Å². The van der Waals surface area contributed by atoms with Gasteiger partial charge in [-0.2, -0.15) is 0 Å². The molecule has 1 aromatic heterocycles. The molecule has 0 aliphatic carbocycles. The molecule has 162 valence electrons. The number of thiazole rings is 1. The molecular weight excluding hydrogens is 396 g/mol. The number of benzene rings is 1. The first-order valence-corrected chi connectivity index (χ1v) is 11.8. The SMILES string of the molecule is Cc1nc(C2(O)CCCN(CC3=CCCOC3)CC2)sc1CCOc1ccccc1. The Morgan fingerprint density at radius 1 is 1.23 bits per heavy atom. The van der Waals surface area contributed by atoms with Gasteiger partial charge in [-0.05, 0) is 56.9 Å². The van der Waals surface area contributed by atoms with Crippen LogP contribution in [0, 0.1) is 6.92 Å². The van der Waals surface area contributed by atoms with Crippen molar-refractivity contribution in [2.24, 2.45) is 0 Å². The highest BCUT2D eigenvalue weighted by atomic mass is 32.1. The number of aliphatic hydroxyl groups is 1. The van der Waals surface area contributed by atoms with E-state index < -0.39 is 5.60 Å². The Kier molecular flexibility index (Phi) is 7.20. The Morgan fingerprint density at radius 2 is 2.10 bits per heavy atom. The number of rotatable bonds is 7. The summed E-state index contributed by atoms with van der Waals surface area (Å²) >= 11 is 1.66. The van der Waals surface area contributed by atoms with Gasteiger partial charge in [-0.1, -0.05) is 24.3 Å². The second-order valence-corrected chi connectivity index (χ2v) is 9.39. The van der Waals surface area contributed by atoms with Crippen molar-refractivity contribution in [1.82, 2.24) is 9.88 Å². The second kappa shape index (κ2) is 10.1. The predicted molar refractivity (Wildman–Crippen MR) is 120 cm³/mol. The van der Waals surface area contributed by atoms with Crippen molar-refractivity contribution in [3.05, 3.63) is 57.6 Å². The quantitative estimate of drug-likeness (QED) is 0.673. The molecule has 0 saturated carbocycles. The fraction of sp³-hybridized carbons (Fsp3) is 0.542. The summed E-state index contributed by atoms with van der Waals surface area (Å²) in [6, 6.07) is 9.89. The molecule has 1 fully saturated rings. The fourth-order valence-electron chi connectivity index (χ4n) is 4.19. The van der Waals surface area contributed by atoms with E-state index in [-0.39, 0.29) is 0 Å². The molecule has 1 unspecified atom stereocenters. The summed E-state index contributed by atoms with van der Waals surface area (Å²) in [4.78, 5) is 8.44. The van der Waals surface area contributed by atoms with Crippen LogP contribution in [0.4, 0.5) is 0 Å². The Labute approximate surface area is 183 Å². The van der Waals surface area contributed by atoms with Gasteiger partial charge in [-0.25, -0.2) is 4.98 Å². The molecule has 5 nitrogen and oxygen atoms in total. The van der Waals surface area contributed by atoms with Gasteiger partial charge in [0, 0.05) is 24.4 Å². The summed E-state index contributed by atoms with van der Waals surface area (Å²) in [6.07, 6.45) is 6.63. The monoisotopic (exact) mass is 428 g/mol. The van der Waals surface area contributed by atoms with Gasteiger partial charge >= 0.3 is 0 Å². The summed E-state index contributed by atoms with van der Waals surface area (Å²) in [6.45, 7) is 7.11. The highest BCUT2D eigenvalue weighted by Crippen LogP contribution is 2.36. The topological polar surface area (TPSA) is 54.8 Å². The van der Waals surface area contributed by atoms with E-state index in [9.17, 15) is 5.11 Å². The summed E-state index contributed by atoms with van der Waals surface area (Å²) in [7, 11) is 0. The first-order valence-electron chi connectivity index (χ1n) is 11.0. The largest absolute Gasteiger partial charge is 0.493 e. The van der Waals surface area contributed by atoms with E-state index in [1.165, 1.54) is 10.5 Å². The number of aromatic nitrogens is 1. The van der Waals surface area contributed by atoms with Crippen molar-refractivity contribution in [3.63, 3.8) is 0 Å². The first-order chi connectivity index (χ1) is 14.6. The molecule has 2 aromatic rings. The van der Waals surface area contributed by atoms with Crippen LogP contribution in [0.2, 0.25) is 0 Å². The maximum Gasteiger partial charge on any atom is 0.125 e. The van der Waals surface area contributed by atoms with Gasteiger partial charge in [0.25, 0.3) is 0 Å². The van der Waals surface area contributed by atoms with Crippen molar-refractivity contribution in [3.8, 4) is 5.75 Å². The zero-order valence-electron chi connectivity index (χ0n) is 17.8. The average molecular weight is 429 g/mol. The molecule has 2 aliphatic heterocycles. The third kappa shape index (κ3) is 5.49. The second-order valence-electron chi connectivity index (χ2n) is 8.30. The Hall–Kier alpha value is -1.73. The van der Waals surface area contributed by atoms with Gasteiger partial charge in [-0.15, -0.1) is 11.3 Å². The number of ether oxygens (including phenoxy) is 2. The summed E-state index contributed by atoms with van der Waals surface area (Å²) in [5, 5.41) is 12.3. The minimum atomic E-state index is -0.819. The highest BCUT2D eigenvalue weighted by molar-refractivity contribution is 7.11. The molecule has 6 heteroatoms. The van der Waals surface area contributed by atoms with Gasteiger partial charge in [0.1, 0.15) is 16.4 Å². The summed E-state index contributed by atoms with van der Waals surface area (Å²) < 4.78 is 11.4. The van der Waals surface area contributed by atoms with Crippen LogP contribution in [0.3, 0.4) is 0 Å². The van der Waals surface area contributed by atoms with Crippen molar-refractivity contribution in [1.29, 1.82) is 0 Å². The Morgan fingerprint density at radius 3 is 2.90 bits per heavy atom. The van der Waals surface area contributed by atoms with Crippen LogP contribution in [-0.2, 0) is 16.8 Å². The molecule has 1 aromatic carbocycles. The number of nitrogens with zero attached hydrogens (tertiary/aromatic N) is 2. The zero-order chi connectivity index (χ0) is 20.8. The lowest BCUT2D eigenvalue weighted by atomic mass is 9.96. The third-order valence-corrected chi connectivity index (χ3v) is 7.36. The molecule has 0 amide bonds. The lowest BCUT2D eigenvalue weighted by Gasteiger charge is -2.26. The minimum Gasteiger partial charge on any atom is -0.493 e. The molecule has 2 aliphatic rings.